The van der Waals surface area contributed by atoms with Gasteiger partial charge in [0.1, 0.15) is 5.75 Å². The molecule has 1 aromatic carbocycles. The van der Waals surface area contributed by atoms with Crippen LogP contribution in [0.2, 0.25) is 5.02 Å². The molecule has 5 heteroatoms. The number of hydrogen-bond acceptors (Lipinski definition) is 3. The van der Waals surface area contributed by atoms with E-state index in [1.165, 1.54) is 18.0 Å². The molecule has 0 amide bonds. The van der Waals surface area contributed by atoms with E-state index in [0.29, 0.717) is 22.4 Å². The average molecular weight is 282 g/mol. The van der Waals surface area contributed by atoms with Gasteiger partial charge in [-0.05, 0) is 24.3 Å². The maximum absolute atomic E-state index is 11.4. The van der Waals surface area contributed by atoms with E-state index in [2.05, 4.69) is 0 Å². The number of aromatic nitrogens is 1. The third-order valence-electron chi connectivity index (χ3n) is 2.19. The summed E-state index contributed by atoms with van der Waals surface area (Å²) < 4.78 is 6.38. The SMILES string of the molecule is [O-][n+]1ccccc1SCCOc1cccc(Cl)c1. The Labute approximate surface area is 115 Å². The number of halogens is 1. The van der Waals surface area contributed by atoms with Crippen LogP contribution in [0.4, 0.5) is 0 Å². The molecule has 0 aliphatic rings. The Kier molecular flexibility index (Phi) is 4.73. The van der Waals surface area contributed by atoms with Gasteiger partial charge in [0.25, 0.3) is 5.03 Å². The molecule has 0 fully saturated rings. The molecule has 0 saturated carbocycles. The zero-order chi connectivity index (χ0) is 12.8. The van der Waals surface area contributed by atoms with Gasteiger partial charge in [-0.1, -0.05) is 29.4 Å². The van der Waals surface area contributed by atoms with E-state index in [-0.39, 0.29) is 0 Å². The Hall–Kier alpha value is -1.39. The minimum atomic E-state index is 0.528. The molecule has 2 aromatic rings. The second-order valence-corrected chi connectivity index (χ2v) is 5.07. The van der Waals surface area contributed by atoms with Crippen molar-refractivity contribution in [2.45, 2.75) is 5.03 Å². The standard InChI is InChI=1S/C13H12ClNO2S/c14-11-4-3-5-12(10-11)17-8-9-18-13-6-1-2-7-15(13)16/h1-7,10H,8-9H2. The number of benzene rings is 1. The molecular weight excluding hydrogens is 270 g/mol. The van der Waals surface area contributed by atoms with Crippen molar-refractivity contribution in [3.63, 3.8) is 0 Å². The summed E-state index contributed by atoms with van der Waals surface area (Å²) >= 11 is 7.31. The number of hydrogen-bond donors (Lipinski definition) is 0. The van der Waals surface area contributed by atoms with Gasteiger partial charge < -0.3 is 9.94 Å². The van der Waals surface area contributed by atoms with Crippen LogP contribution in [-0.2, 0) is 0 Å². The Balaban J connectivity index is 1.78. The van der Waals surface area contributed by atoms with Gasteiger partial charge in [0.05, 0.1) is 6.61 Å². The number of pyridine rings is 1. The van der Waals surface area contributed by atoms with Crippen LogP contribution in [0.15, 0.2) is 53.7 Å². The van der Waals surface area contributed by atoms with Crippen molar-refractivity contribution in [3.8, 4) is 5.75 Å². The molecule has 2 rings (SSSR count). The lowest BCUT2D eigenvalue weighted by molar-refractivity contribution is -0.645. The maximum atomic E-state index is 11.4. The molecule has 0 spiro atoms. The Morgan fingerprint density at radius 3 is 2.89 bits per heavy atom. The summed E-state index contributed by atoms with van der Waals surface area (Å²) in [6.45, 7) is 0.528. The highest BCUT2D eigenvalue weighted by Crippen LogP contribution is 2.18. The van der Waals surface area contributed by atoms with Crippen molar-refractivity contribution in [2.75, 3.05) is 12.4 Å². The molecule has 18 heavy (non-hydrogen) atoms. The van der Waals surface area contributed by atoms with Crippen LogP contribution in [0.1, 0.15) is 0 Å². The predicted molar refractivity (Wildman–Crippen MR) is 73.1 cm³/mol. The lowest BCUT2D eigenvalue weighted by Crippen LogP contribution is -2.27. The molecule has 1 heterocycles. The Morgan fingerprint density at radius 1 is 1.22 bits per heavy atom. The molecule has 0 radical (unpaired) electrons. The summed E-state index contributed by atoms with van der Waals surface area (Å²) in [4.78, 5) is 0. The number of nitrogens with zero attached hydrogens (tertiary/aromatic N) is 1. The van der Waals surface area contributed by atoms with Crippen molar-refractivity contribution in [1.82, 2.24) is 0 Å². The summed E-state index contributed by atoms with van der Waals surface area (Å²) in [6, 6.07) is 12.6. The Bertz CT molecular complexity index is 522. The zero-order valence-electron chi connectivity index (χ0n) is 9.58. The second-order valence-electron chi connectivity index (χ2n) is 3.52. The first kappa shape index (κ1) is 13.1. The number of thioether (sulfide) groups is 1. The van der Waals surface area contributed by atoms with Gasteiger partial charge in [0.15, 0.2) is 6.20 Å². The van der Waals surface area contributed by atoms with Crippen molar-refractivity contribution in [2.24, 2.45) is 0 Å². The first-order valence-corrected chi connectivity index (χ1v) is 6.81. The van der Waals surface area contributed by atoms with Crippen molar-refractivity contribution >= 4 is 23.4 Å². The third kappa shape index (κ3) is 3.82. The van der Waals surface area contributed by atoms with Gasteiger partial charge in [-0.15, -0.1) is 0 Å². The van der Waals surface area contributed by atoms with Crippen molar-refractivity contribution in [1.29, 1.82) is 0 Å². The third-order valence-corrected chi connectivity index (χ3v) is 3.40. The van der Waals surface area contributed by atoms with Gasteiger partial charge in [0.2, 0.25) is 0 Å². The fourth-order valence-electron chi connectivity index (χ4n) is 1.39. The van der Waals surface area contributed by atoms with Gasteiger partial charge in [-0.25, -0.2) is 0 Å². The van der Waals surface area contributed by atoms with Crippen LogP contribution in [0.5, 0.6) is 5.75 Å². The van der Waals surface area contributed by atoms with Crippen LogP contribution in [-0.4, -0.2) is 12.4 Å². The van der Waals surface area contributed by atoms with Crippen molar-refractivity contribution < 1.29 is 9.47 Å². The summed E-state index contributed by atoms with van der Waals surface area (Å²) in [7, 11) is 0. The highest BCUT2D eigenvalue weighted by Gasteiger charge is 2.03. The molecule has 0 aliphatic heterocycles. The predicted octanol–water partition coefficient (Wildman–Crippen LogP) is 3.14. The fourth-order valence-corrected chi connectivity index (χ4v) is 2.31. The molecule has 94 valence electrons. The van der Waals surface area contributed by atoms with Crippen LogP contribution < -0.4 is 9.47 Å². The normalized spacial score (nSPS) is 10.3. The first-order valence-electron chi connectivity index (χ1n) is 5.45. The van der Waals surface area contributed by atoms with Crippen LogP contribution in [0, 0.1) is 5.21 Å². The van der Waals surface area contributed by atoms with Gasteiger partial charge in [0, 0.05) is 22.9 Å². The van der Waals surface area contributed by atoms with Crippen molar-refractivity contribution in [3.05, 3.63) is 58.9 Å². The average Bonchev–Trinajstić information content (AvgIpc) is 2.37. The molecule has 0 aliphatic carbocycles. The molecule has 1 aromatic heterocycles. The Morgan fingerprint density at radius 2 is 2.11 bits per heavy atom. The van der Waals surface area contributed by atoms with E-state index in [1.807, 2.05) is 18.2 Å². The summed E-state index contributed by atoms with van der Waals surface area (Å²) in [6.07, 6.45) is 1.49. The highest BCUT2D eigenvalue weighted by atomic mass is 35.5. The van der Waals surface area contributed by atoms with Crippen LogP contribution in [0.3, 0.4) is 0 Å². The smallest absolute Gasteiger partial charge is 0.251 e. The van der Waals surface area contributed by atoms with Crippen LogP contribution >= 0.6 is 23.4 Å². The molecule has 3 nitrogen and oxygen atoms in total. The maximum Gasteiger partial charge on any atom is 0.251 e. The quantitative estimate of drug-likeness (QED) is 0.366. The molecule has 0 atom stereocenters. The van der Waals surface area contributed by atoms with E-state index < -0.39 is 0 Å². The minimum absolute atomic E-state index is 0.528. The van der Waals surface area contributed by atoms with Crippen LogP contribution in [0.25, 0.3) is 0 Å². The molecule has 0 saturated heterocycles. The summed E-state index contributed by atoms with van der Waals surface area (Å²) in [5.74, 6) is 1.45. The van der Waals surface area contributed by atoms with Gasteiger partial charge in [-0.2, -0.15) is 4.73 Å². The first-order chi connectivity index (χ1) is 8.75. The molecule has 0 unspecified atom stereocenters. The molecule has 0 bridgehead atoms. The van der Waals surface area contributed by atoms with E-state index in [1.54, 1.807) is 24.3 Å². The fraction of sp³-hybridized carbons (Fsp3) is 0.154. The minimum Gasteiger partial charge on any atom is -0.618 e. The van der Waals surface area contributed by atoms with Gasteiger partial charge >= 0.3 is 0 Å². The lowest BCUT2D eigenvalue weighted by Gasteiger charge is -2.06. The van der Waals surface area contributed by atoms with E-state index in [4.69, 9.17) is 16.3 Å². The zero-order valence-corrected chi connectivity index (χ0v) is 11.2. The highest BCUT2D eigenvalue weighted by molar-refractivity contribution is 7.99. The topological polar surface area (TPSA) is 36.2 Å². The van der Waals surface area contributed by atoms with E-state index >= 15 is 0 Å². The summed E-state index contributed by atoms with van der Waals surface area (Å²) in [5.41, 5.74) is 0. The van der Waals surface area contributed by atoms with E-state index in [0.717, 1.165) is 10.5 Å². The largest absolute Gasteiger partial charge is 0.618 e. The van der Waals surface area contributed by atoms with E-state index in [9.17, 15) is 5.21 Å². The van der Waals surface area contributed by atoms with Gasteiger partial charge in [-0.3, -0.25) is 0 Å². The number of ether oxygens (including phenoxy) is 1. The molecule has 0 N–H and O–H groups in total. The lowest BCUT2D eigenvalue weighted by atomic mass is 10.3. The second kappa shape index (κ2) is 6.52. The molecular formula is C13H12ClNO2S. The number of rotatable bonds is 5. The summed E-state index contributed by atoms with van der Waals surface area (Å²) in [5, 5.41) is 12.7. The monoisotopic (exact) mass is 281 g/mol.